The first-order valence-electron chi connectivity index (χ1n) is 6.54. The number of aryl methyl sites for hydroxylation is 2. The Balaban J connectivity index is 1.77. The van der Waals surface area contributed by atoms with Gasteiger partial charge >= 0.3 is 0 Å². The van der Waals surface area contributed by atoms with Crippen LogP contribution in [0.15, 0.2) is 23.4 Å². The Bertz CT molecular complexity index is 601. The van der Waals surface area contributed by atoms with E-state index in [1.807, 2.05) is 0 Å². The second-order valence-electron chi connectivity index (χ2n) is 5.16. The molecule has 0 unspecified atom stereocenters. The summed E-state index contributed by atoms with van der Waals surface area (Å²) in [5.41, 5.74) is 9.86. The first-order valence-corrected chi connectivity index (χ1v) is 7.53. The van der Waals surface area contributed by atoms with Crippen molar-refractivity contribution in [1.29, 1.82) is 0 Å². The van der Waals surface area contributed by atoms with Gasteiger partial charge in [-0.2, -0.15) is 0 Å². The average molecular weight is 274 g/mol. The highest BCUT2D eigenvalue weighted by Gasteiger charge is 2.28. The van der Waals surface area contributed by atoms with Crippen molar-refractivity contribution in [2.24, 2.45) is 0 Å². The zero-order valence-corrected chi connectivity index (χ0v) is 12.1. The van der Waals surface area contributed by atoms with Crippen LogP contribution in [0.4, 0.5) is 5.95 Å². The maximum atomic E-state index is 5.88. The average Bonchev–Trinajstić information content (AvgIpc) is 3.15. The summed E-state index contributed by atoms with van der Waals surface area (Å²) in [4.78, 5) is 0. The summed E-state index contributed by atoms with van der Waals surface area (Å²) in [5.74, 6) is 1.46. The van der Waals surface area contributed by atoms with Crippen molar-refractivity contribution in [2.75, 3.05) is 5.73 Å². The molecule has 1 aromatic carbocycles. The summed E-state index contributed by atoms with van der Waals surface area (Å²) in [7, 11) is 0. The summed E-state index contributed by atoms with van der Waals surface area (Å²) in [6.07, 6.45) is 2.39. The van der Waals surface area contributed by atoms with Gasteiger partial charge in [-0.15, -0.1) is 10.2 Å². The van der Waals surface area contributed by atoms with E-state index in [2.05, 4.69) is 46.8 Å². The first kappa shape index (κ1) is 12.5. The smallest absolute Gasteiger partial charge is 0.222 e. The number of rotatable bonds is 4. The lowest BCUT2D eigenvalue weighted by molar-refractivity contribution is 0.671. The number of hydrogen-bond acceptors (Lipinski definition) is 4. The molecule has 3 rings (SSSR count). The predicted octanol–water partition coefficient (Wildman–Crippen LogP) is 3.10. The fourth-order valence-electron chi connectivity index (χ4n) is 2.16. The lowest BCUT2D eigenvalue weighted by atomic mass is 10.1. The molecule has 0 radical (unpaired) electrons. The molecule has 1 aliphatic carbocycles. The quantitative estimate of drug-likeness (QED) is 0.870. The molecule has 0 saturated heterocycles. The Morgan fingerprint density at radius 1 is 1.32 bits per heavy atom. The maximum absolute atomic E-state index is 5.88. The van der Waals surface area contributed by atoms with Gasteiger partial charge in [-0.05, 0) is 37.8 Å². The fraction of sp³-hybridized carbons (Fsp3) is 0.429. The van der Waals surface area contributed by atoms with E-state index in [1.54, 1.807) is 11.8 Å². The lowest BCUT2D eigenvalue weighted by Crippen LogP contribution is -2.02. The van der Waals surface area contributed by atoms with Gasteiger partial charge in [-0.1, -0.05) is 35.5 Å². The highest BCUT2D eigenvalue weighted by Crippen LogP contribution is 2.39. The van der Waals surface area contributed by atoms with Crippen molar-refractivity contribution in [2.45, 2.75) is 43.6 Å². The van der Waals surface area contributed by atoms with Gasteiger partial charge in [0.05, 0.1) is 0 Å². The van der Waals surface area contributed by atoms with Crippen LogP contribution in [0.1, 0.15) is 35.6 Å². The van der Waals surface area contributed by atoms with Gasteiger partial charge in [-0.3, -0.25) is 4.57 Å². The summed E-state index contributed by atoms with van der Waals surface area (Å²) in [6, 6.07) is 7.08. The molecule has 1 heterocycles. The number of aromatic nitrogens is 3. The minimum atomic E-state index is 0.524. The molecule has 1 fully saturated rings. The van der Waals surface area contributed by atoms with Crippen LogP contribution in [-0.4, -0.2) is 14.8 Å². The normalized spacial score (nSPS) is 14.8. The van der Waals surface area contributed by atoms with Crippen molar-refractivity contribution in [3.8, 4) is 0 Å². The number of benzene rings is 1. The first-order chi connectivity index (χ1) is 9.15. The third-order valence-corrected chi connectivity index (χ3v) is 4.46. The number of anilines is 1. The van der Waals surface area contributed by atoms with Crippen LogP contribution in [0.25, 0.3) is 0 Å². The van der Waals surface area contributed by atoms with E-state index in [0.29, 0.717) is 12.0 Å². The monoisotopic (exact) mass is 274 g/mol. The van der Waals surface area contributed by atoms with Crippen molar-refractivity contribution in [3.05, 3.63) is 34.9 Å². The van der Waals surface area contributed by atoms with Crippen molar-refractivity contribution in [1.82, 2.24) is 14.8 Å². The molecule has 0 aliphatic heterocycles. The zero-order valence-electron chi connectivity index (χ0n) is 11.3. The SMILES string of the molecule is Cc1ccc(C)c(CSc2nnc(N)n2C2CC2)c1. The van der Waals surface area contributed by atoms with Gasteiger partial charge in [0.15, 0.2) is 5.16 Å². The zero-order chi connectivity index (χ0) is 13.4. The van der Waals surface area contributed by atoms with Gasteiger partial charge < -0.3 is 5.73 Å². The molecule has 0 amide bonds. The van der Waals surface area contributed by atoms with Crippen LogP contribution >= 0.6 is 11.8 Å². The van der Waals surface area contributed by atoms with E-state index in [4.69, 9.17) is 5.73 Å². The predicted molar refractivity (Wildman–Crippen MR) is 78.2 cm³/mol. The molecule has 1 saturated carbocycles. The third kappa shape index (κ3) is 2.61. The molecule has 1 aromatic heterocycles. The van der Waals surface area contributed by atoms with E-state index in [1.165, 1.54) is 29.5 Å². The van der Waals surface area contributed by atoms with Crippen molar-refractivity contribution in [3.63, 3.8) is 0 Å². The number of nitrogens with two attached hydrogens (primary N) is 1. The Morgan fingerprint density at radius 2 is 2.11 bits per heavy atom. The van der Waals surface area contributed by atoms with Gasteiger partial charge in [-0.25, -0.2) is 0 Å². The highest BCUT2D eigenvalue weighted by atomic mass is 32.2. The van der Waals surface area contributed by atoms with Gasteiger partial charge in [0, 0.05) is 11.8 Å². The minimum absolute atomic E-state index is 0.524. The molecule has 5 heteroatoms. The Kier molecular flexibility index (Phi) is 3.22. The fourth-order valence-corrected chi connectivity index (χ4v) is 3.24. The van der Waals surface area contributed by atoms with Crippen LogP contribution in [0.5, 0.6) is 0 Å². The number of thioether (sulfide) groups is 1. The topological polar surface area (TPSA) is 56.7 Å². The van der Waals surface area contributed by atoms with E-state index < -0.39 is 0 Å². The van der Waals surface area contributed by atoms with Crippen LogP contribution < -0.4 is 5.73 Å². The number of nitrogens with zero attached hydrogens (tertiary/aromatic N) is 3. The van der Waals surface area contributed by atoms with Crippen LogP contribution in [-0.2, 0) is 5.75 Å². The van der Waals surface area contributed by atoms with E-state index in [0.717, 1.165) is 10.9 Å². The molecule has 1 aliphatic rings. The standard InChI is InChI=1S/C14H18N4S/c1-9-3-4-10(2)11(7-9)8-19-14-17-16-13(15)18(14)12-5-6-12/h3-4,7,12H,5-6,8H2,1-2H3,(H2,15,16). The van der Waals surface area contributed by atoms with E-state index >= 15 is 0 Å². The second kappa shape index (κ2) is 4.89. The molecule has 2 aromatic rings. The largest absolute Gasteiger partial charge is 0.368 e. The van der Waals surface area contributed by atoms with Gasteiger partial charge in [0.25, 0.3) is 0 Å². The minimum Gasteiger partial charge on any atom is -0.368 e. The molecule has 19 heavy (non-hydrogen) atoms. The highest BCUT2D eigenvalue weighted by molar-refractivity contribution is 7.98. The van der Waals surface area contributed by atoms with E-state index in [-0.39, 0.29) is 0 Å². The molecule has 0 bridgehead atoms. The molecule has 2 N–H and O–H groups in total. The van der Waals surface area contributed by atoms with Crippen molar-refractivity contribution < 1.29 is 0 Å². The Hall–Kier alpha value is -1.49. The molecular weight excluding hydrogens is 256 g/mol. The van der Waals surface area contributed by atoms with Gasteiger partial charge in [0.2, 0.25) is 5.95 Å². The third-order valence-electron chi connectivity index (χ3n) is 3.46. The van der Waals surface area contributed by atoms with Crippen LogP contribution in [0, 0.1) is 13.8 Å². The summed E-state index contributed by atoms with van der Waals surface area (Å²) >= 11 is 1.72. The second-order valence-corrected chi connectivity index (χ2v) is 6.10. The number of nitrogen functional groups attached to an aromatic ring is 1. The summed E-state index contributed by atoms with van der Waals surface area (Å²) < 4.78 is 2.08. The molecule has 4 nitrogen and oxygen atoms in total. The maximum Gasteiger partial charge on any atom is 0.222 e. The molecule has 100 valence electrons. The summed E-state index contributed by atoms with van der Waals surface area (Å²) in [6.45, 7) is 4.27. The molecule has 0 spiro atoms. The Morgan fingerprint density at radius 3 is 2.84 bits per heavy atom. The van der Waals surface area contributed by atoms with Gasteiger partial charge in [0.1, 0.15) is 0 Å². The van der Waals surface area contributed by atoms with Crippen LogP contribution in [0.2, 0.25) is 0 Å². The number of hydrogen-bond donors (Lipinski definition) is 1. The van der Waals surface area contributed by atoms with Crippen LogP contribution in [0.3, 0.4) is 0 Å². The molecular formula is C14H18N4S. The molecule has 0 atom stereocenters. The Labute approximate surface area is 117 Å². The lowest BCUT2D eigenvalue weighted by Gasteiger charge is -2.08. The van der Waals surface area contributed by atoms with Crippen molar-refractivity contribution >= 4 is 17.7 Å². The summed E-state index contributed by atoms with van der Waals surface area (Å²) in [5, 5.41) is 9.14. The van der Waals surface area contributed by atoms with E-state index in [9.17, 15) is 0 Å².